The van der Waals surface area contributed by atoms with E-state index >= 15 is 0 Å². The molecule has 20 heavy (non-hydrogen) atoms. The SMILES string of the molecule is CCOCCOc1cccc(OCCOCC)c1C=O. The molecule has 0 atom stereocenters. The molecular weight excluding hydrogens is 260 g/mol. The average Bonchev–Trinajstić information content (AvgIpc) is 2.48. The van der Waals surface area contributed by atoms with Crippen molar-refractivity contribution >= 4 is 6.29 Å². The van der Waals surface area contributed by atoms with Crippen LogP contribution in [0.15, 0.2) is 18.2 Å². The van der Waals surface area contributed by atoms with Crippen molar-refractivity contribution in [3.05, 3.63) is 23.8 Å². The maximum Gasteiger partial charge on any atom is 0.157 e. The fourth-order valence-corrected chi connectivity index (χ4v) is 1.60. The molecule has 5 heteroatoms. The number of benzene rings is 1. The summed E-state index contributed by atoms with van der Waals surface area (Å²) in [5.74, 6) is 1.02. The van der Waals surface area contributed by atoms with E-state index in [0.717, 1.165) is 6.29 Å². The van der Waals surface area contributed by atoms with Gasteiger partial charge in [-0.05, 0) is 26.0 Å². The van der Waals surface area contributed by atoms with Crippen molar-refractivity contribution in [2.24, 2.45) is 0 Å². The lowest BCUT2D eigenvalue weighted by atomic mass is 10.2. The Labute approximate surface area is 119 Å². The third-order valence-electron chi connectivity index (χ3n) is 2.52. The molecule has 1 aromatic carbocycles. The molecule has 0 aliphatic heterocycles. The van der Waals surface area contributed by atoms with Gasteiger partial charge in [0.05, 0.1) is 18.8 Å². The molecule has 0 saturated heterocycles. The maximum atomic E-state index is 11.2. The Kier molecular flexibility index (Phi) is 8.42. The first-order valence-electron chi connectivity index (χ1n) is 6.82. The maximum absolute atomic E-state index is 11.2. The van der Waals surface area contributed by atoms with Gasteiger partial charge in [0.2, 0.25) is 0 Å². The van der Waals surface area contributed by atoms with Gasteiger partial charge in [-0.25, -0.2) is 0 Å². The highest BCUT2D eigenvalue weighted by Crippen LogP contribution is 2.26. The standard InChI is InChI=1S/C15H22O5/c1-3-17-8-10-19-14-6-5-7-15(13(14)12-16)20-11-9-18-4-2/h5-7,12H,3-4,8-11H2,1-2H3. The van der Waals surface area contributed by atoms with E-state index in [1.807, 2.05) is 13.8 Å². The minimum Gasteiger partial charge on any atom is -0.490 e. The molecule has 1 aromatic rings. The van der Waals surface area contributed by atoms with Crippen LogP contribution in [0, 0.1) is 0 Å². The summed E-state index contributed by atoms with van der Waals surface area (Å²) in [7, 11) is 0. The van der Waals surface area contributed by atoms with Crippen LogP contribution in [-0.2, 0) is 9.47 Å². The van der Waals surface area contributed by atoms with Gasteiger partial charge in [-0.2, -0.15) is 0 Å². The van der Waals surface area contributed by atoms with Crippen LogP contribution in [0.25, 0.3) is 0 Å². The van der Waals surface area contributed by atoms with Crippen LogP contribution in [-0.4, -0.2) is 45.9 Å². The van der Waals surface area contributed by atoms with Crippen LogP contribution in [0.5, 0.6) is 11.5 Å². The van der Waals surface area contributed by atoms with E-state index in [1.165, 1.54) is 0 Å². The quantitative estimate of drug-likeness (QED) is 0.460. The fraction of sp³-hybridized carbons (Fsp3) is 0.533. The van der Waals surface area contributed by atoms with Gasteiger partial charge in [0.25, 0.3) is 0 Å². The summed E-state index contributed by atoms with van der Waals surface area (Å²) in [5.41, 5.74) is 0.417. The first-order valence-corrected chi connectivity index (χ1v) is 6.82. The minimum absolute atomic E-state index is 0.400. The molecule has 0 bridgehead atoms. The summed E-state index contributed by atoms with van der Waals surface area (Å²) in [5, 5.41) is 0. The Hall–Kier alpha value is -1.59. The van der Waals surface area contributed by atoms with Crippen LogP contribution < -0.4 is 9.47 Å². The van der Waals surface area contributed by atoms with E-state index in [2.05, 4.69) is 0 Å². The Bertz CT molecular complexity index is 362. The molecule has 0 saturated carbocycles. The second-order valence-corrected chi connectivity index (χ2v) is 3.88. The molecule has 0 aromatic heterocycles. The molecule has 112 valence electrons. The fourth-order valence-electron chi connectivity index (χ4n) is 1.60. The number of hydrogen-bond acceptors (Lipinski definition) is 5. The lowest BCUT2D eigenvalue weighted by Gasteiger charge is -2.13. The van der Waals surface area contributed by atoms with Crippen molar-refractivity contribution in [2.45, 2.75) is 13.8 Å². The Morgan fingerprint density at radius 3 is 1.80 bits per heavy atom. The van der Waals surface area contributed by atoms with Crippen LogP contribution in [0.2, 0.25) is 0 Å². The monoisotopic (exact) mass is 282 g/mol. The van der Waals surface area contributed by atoms with Gasteiger partial charge >= 0.3 is 0 Å². The number of carbonyl (C=O) groups is 1. The predicted molar refractivity (Wildman–Crippen MR) is 75.8 cm³/mol. The van der Waals surface area contributed by atoms with Gasteiger partial charge in [0, 0.05) is 13.2 Å². The summed E-state index contributed by atoms with van der Waals surface area (Å²) in [6.07, 6.45) is 0.742. The summed E-state index contributed by atoms with van der Waals surface area (Å²) < 4.78 is 21.4. The van der Waals surface area contributed by atoms with E-state index in [-0.39, 0.29) is 0 Å². The summed E-state index contributed by atoms with van der Waals surface area (Å²) >= 11 is 0. The highest BCUT2D eigenvalue weighted by atomic mass is 16.5. The molecule has 1 rings (SSSR count). The molecule has 0 fully saturated rings. The van der Waals surface area contributed by atoms with Crippen molar-refractivity contribution in [3.8, 4) is 11.5 Å². The number of ether oxygens (including phenoxy) is 4. The van der Waals surface area contributed by atoms with Gasteiger partial charge in [-0.1, -0.05) is 6.07 Å². The third-order valence-corrected chi connectivity index (χ3v) is 2.52. The largest absolute Gasteiger partial charge is 0.490 e. The number of aldehydes is 1. The lowest BCUT2D eigenvalue weighted by Crippen LogP contribution is -2.10. The lowest BCUT2D eigenvalue weighted by molar-refractivity contribution is 0.103. The second kappa shape index (κ2) is 10.2. The number of rotatable bonds is 11. The van der Waals surface area contributed by atoms with E-state index in [0.29, 0.717) is 56.7 Å². The van der Waals surface area contributed by atoms with Crippen LogP contribution in [0.3, 0.4) is 0 Å². The zero-order valence-electron chi connectivity index (χ0n) is 12.1. The normalized spacial score (nSPS) is 10.3. The Balaban J connectivity index is 2.58. The van der Waals surface area contributed by atoms with Crippen LogP contribution in [0.1, 0.15) is 24.2 Å². The summed E-state index contributed by atoms with van der Waals surface area (Å²) in [6.45, 7) is 6.91. The highest BCUT2D eigenvalue weighted by molar-refractivity contribution is 5.83. The predicted octanol–water partition coefficient (Wildman–Crippen LogP) is 2.33. The molecule has 0 radical (unpaired) electrons. The van der Waals surface area contributed by atoms with Crippen LogP contribution in [0.4, 0.5) is 0 Å². The van der Waals surface area contributed by atoms with Gasteiger partial charge in [-0.15, -0.1) is 0 Å². The van der Waals surface area contributed by atoms with Crippen molar-refractivity contribution < 1.29 is 23.7 Å². The zero-order valence-corrected chi connectivity index (χ0v) is 12.1. The minimum atomic E-state index is 0.400. The van der Waals surface area contributed by atoms with Gasteiger partial charge < -0.3 is 18.9 Å². The number of hydrogen-bond donors (Lipinski definition) is 0. The van der Waals surface area contributed by atoms with Gasteiger partial charge in [-0.3, -0.25) is 4.79 Å². The van der Waals surface area contributed by atoms with Crippen molar-refractivity contribution in [3.63, 3.8) is 0 Å². The first-order chi connectivity index (χ1) is 9.83. The van der Waals surface area contributed by atoms with Gasteiger partial charge in [0.15, 0.2) is 6.29 Å². The van der Waals surface area contributed by atoms with Gasteiger partial charge in [0.1, 0.15) is 24.7 Å². The van der Waals surface area contributed by atoms with Crippen molar-refractivity contribution in [2.75, 3.05) is 39.6 Å². The van der Waals surface area contributed by atoms with Crippen molar-refractivity contribution in [1.82, 2.24) is 0 Å². The molecule has 0 N–H and O–H groups in total. The highest BCUT2D eigenvalue weighted by Gasteiger charge is 2.10. The molecule has 0 amide bonds. The van der Waals surface area contributed by atoms with E-state index in [1.54, 1.807) is 18.2 Å². The third kappa shape index (κ3) is 5.59. The molecular formula is C15H22O5. The van der Waals surface area contributed by atoms with Crippen molar-refractivity contribution in [1.29, 1.82) is 0 Å². The first kappa shape index (κ1) is 16.5. The smallest absolute Gasteiger partial charge is 0.157 e. The molecule has 0 aliphatic rings. The molecule has 0 spiro atoms. The molecule has 5 nitrogen and oxygen atoms in total. The van der Waals surface area contributed by atoms with E-state index < -0.39 is 0 Å². The average molecular weight is 282 g/mol. The zero-order chi connectivity index (χ0) is 14.6. The number of carbonyl (C=O) groups excluding carboxylic acids is 1. The van der Waals surface area contributed by atoms with Crippen LogP contribution >= 0.6 is 0 Å². The summed E-state index contributed by atoms with van der Waals surface area (Å²) in [4.78, 5) is 11.2. The Morgan fingerprint density at radius 1 is 0.900 bits per heavy atom. The van der Waals surface area contributed by atoms with E-state index in [9.17, 15) is 4.79 Å². The molecule has 0 heterocycles. The molecule has 0 unspecified atom stereocenters. The molecule has 0 aliphatic carbocycles. The van der Waals surface area contributed by atoms with E-state index in [4.69, 9.17) is 18.9 Å². The summed E-state index contributed by atoms with van der Waals surface area (Å²) in [6, 6.07) is 5.27. The Morgan fingerprint density at radius 2 is 1.40 bits per heavy atom. The second-order valence-electron chi connectivity index (χ2n) is 3.88. The topological polar surface area (TPSA) is 54.0 Å².